The fourth-order valence-corrected chi connectivity index (χ4v) is 5.38. The van der Waals surface area contributed by atoms with Gasteiger partial charge in [0.1, 0.15) is 10.7 Å². The molecule has 3 heterocycles. The summed E-state index contributed by atoms with van der Waals surface area (Å²) in [6.07, 6.45) is 1.85. The Balaban J connectivity index is 1.37. The molecule has 0 aliphatic carbocycles. The largest absolute Gasteiger partial charge is 0.384 e. The highest BCUT2D eigenvalue weighted by molar-refractivity contribution is 7.11. The number of fused-ring (bicyclic) bond motifs is 2. The number of piperidine rings is 1. The number of anilines is 1. The van der Waals surface area contributed by atoms with Crippen molar-refractivity contribution < 1.29 is 9.18 Å². The number of aromatic nitrogens is 1. The van der Waals surface area contributed by atoms with Crippen LogP contribution in [0.5, 0.6) is 0 Å². The van der Waals surface area contributed by atoms with E-state index in [4.69, 9.17) is 0 Å². The molecule has 4 nitrogen and oxygen atoms in total. The van der Waals surface area contributed by atoms with E-state index >= 15 is 0 Å². The third-order valence-corrected chi connectivity index (χ3v) is 7.26. The molecular formula is C23H22FN3OS. The highest BCUT2D eigenvalue weighted by Crippen LogP contribution is 2.45. The van der Waals surface area contributed by atoms with Gasteiger partial charge in [0, 0.05) is 36.3 Å². The van der Waals surface area contributed by atoms with E-state index in [1.54, 1.807) is 11.6 Å². The molecule has 1 saturated heterocycles. The van der Waals surface area contributed by atoms with Crippen molar-refractivity contribution >= 4 is 22.9 Å². The van der Waals surface area contributed by atoms with E-state index < -0.39 is 0 Å². The van der Waals surface area contributed by atoms with Crippen LogP contribution in [0.3, 0.4) is 0 Å². The summed E-state index contributed by atoms with van der Waals surface area (Å²) in [6.45, 7) is 4.24. The van der Waals surface area contributed by atoms with Gasteiger partial charge < -0.3 is 10.2 Å². The van der Waals surface area contributed by atoms with Crippen molar-refractivity contribution in [3.8, 4) is 11.1 Å². The molecule has 1 aromatic heterocycles. The van der Waals surface area contributed by atoms with Gasteiger partial charge in [0.2, 0.25) is 0 Å². The Bertz CT molecular complexity index is 1090. The SMILES string of the molecule is Cc1ncsc1C(=O)N1CCC2(CC1)CNc1cc(-c3ccccc3F)ccc12. The Hall–Kier alpha value is -2.73. The maximum absolute atomic E-state index is 14.2. The van der Waals surface area contributed by atoms with Gasteiger partial charge in [0.25, 0.3) is 5.91 Å². The lowest BCUT2D eigenvalue weighted by atomic mass is 9.74. The second-order valence-corrected chi connectivity index (χ2v) is 8.79. The van der Waals surface area contributed by atoms with Crippen LogP contribution in [0.15, 0.2) is 48.0 Å². The van der Waals surface area contributed by atoms with Gasteiger partial charge in [-0.05, 0) is 43.0 Å². The summed E-state index contributed by atoms with van der Waals surface area (Å²) in [4.78, 5) is 19.7. The highest BCUT2D eigenvalue weighted by atomic mass is 32.1. The Kier molecular flexibility index (Phi) is 4.39. The monoisotopic (exact) mass is 407 g/mol. The molecule has 2 aromatic carbocycles. The Morgan fingerprint density at radius 3 is 2.72 bits per heavy atom. The number of amides is 1. The number of nitrogens with one attached hydrogen (secondary N) is 1. The zero-order chi connectivity index (χ0) is 20.0. The van der Waals surface area contributed by atoms with E-state index in [1.165, 1.54) is 23.0 Å². The van der Waals surface area contributed by atoms with Crippen LogP contribution in [0.4, 0.5) is 10.1 Å². The average molecular weight is 408 g/mol. The van der Waals surface area contributed by atoms with Crippen LogP contribution >= 0.6 is 11.3 Å². The van der Waals surface area contributed by atoms with Crippen LogP contribution < -0.4 is 5.32 Å². The van der Waals surface area contributed by atoms with E-state index in [1.807, 2.05) is 30.0 Å². The summed E-state index contributed by atoms with van der Waals surface area (Å²) >= 11 is 1.42. The van der Waals surface area contributed by atoms with Gasteiger partial charge >= 0.3 is 0 Å². The number of thiazole rings is 1. The Morgan fingerprint density at radius 1 is 1.21 bits per heavy atom. The quantitative estimate of drug-likeness (QED) is 0.660. The third-order valence-electron chi connectivity index (χ3n) is 6.34. The first-order valence-corrected chi connectivity index (χ1v) is 10.8. The summed E-state index contributed by atoms with van der Waals surface area (Å²) in [7, 11) is 0. The molecule has 3 aromatic rings. The Morgan fingerprint density at radius 2 is 2.00 bits per heavy atom. The van der Waals surface area contributed by atoms with Crippen LogP contribution in [0, 0.1) is 12.7 Å². The van der Waals surface area contributed by atoms with E-state index in [9.17, 15) is 9.18 Å². The molecular weight excluding hydrogens is 385 g/mol. The second kappa shape index (κ2) is 6.95. The molecule has 1 spiro atoms. The number of halogens is 1. The van der Waals surface area contributed by atoms with Gasteiger partial charge in [-0.2, -0.15) is 0 Å². The number of nitrogens with zero attached hydrogens (tertiary/aromatic N) is 2. The van der Waals surface area contributed by atoms with Gasteiger partial charge in [0.15, 0.2) is 0 Å². The molecule has 2 aliphatic rings. The molecule has 0 unspecified atom stereocenters. The van der Waals surface area contributed by atoms with E-state index in [0.29, 0.717) is 5.56 Å². The number of hydrogen-bond acceptors (Lipinski definition) is 4. The van der Waals surface area contributed by atoms with Crippen LogP contribution in [0.25, 0.3) is 11.1 Å². The summed E-state index contributed by atoms with van der Waals surface area (Å²) in [5.41, 5.74) is 6.48. The zero-order valence-corrected chi connectivity index (χ0v) is 17.1. The van der Waals surface area contributed by atoms with E-state index in [-0.39, 0.29) is 17.1 Å². The molecule has 0 saturated carbocycles. The topological polar surface area (TPSA) is 45.2 Å². The standard InChI is InChI=1S/C23H22FN3OS/c1-15-21(29-14-26-15)22(28)27-10-8-23(9-11-27)13-25-20-12-16(6-7-18(20)23)17-4-2-3-5-19(17)24/h2-7,12,14,25H,8-11,13H2,1H3. The molecule has 2 aliphatic heterocycles. The maximum Gasteiger partial charge on any atom is 0.265 e. The van der Waals surface area contributed by atoms with Crippen LogP contribution in [0.2, 0.25) is 0 Å². The molecule has 6 heteroatoms. The predicted octanol–water partition coefficient (Wildman–Crippen LogP) is 4.86. The third kappa shape index (κ3) is 3.02. The van der Waals surface area contributed by atoms with Gasteiger partial charge in [0.05, 0.1) is 11.2 Å². The summed E-state index contributed by atoms with van der Waals surface area (Å²) < 4.78 is 14.2. The molecule has 148 valence electrons. The van der Waals surface area contributed by atoms with Gasteiger partial charge in [-0.3, -0.25) is 4.79 Å². The molecule has 1 N–H and O–H groups in total. The fourth-order valence-electron chi connectivity index (χ4n) is 4.61. The summed E-state index contributed by atoms with van der Waals surface area (Å²) in [5, 5.41) is 3.54. The highest BCUT2D eigenvalue weighted by Gasteiger charge is 2.42. The number of carbonyl (C=O) groups is 1. The van der Waals surface area contributed by atoms with Crippen molar-refractivity contribution in [1.82, 2.24) is 9.88 Å². The van der Waals surface area contributed by atoms with Gasteiger partial charge in [-0.25, -0.2) is 9.37 Å². The minimum atomic E-state index is -0.203. The molecule has 0 radical (unpaired) electrons. The van der Waals surface area contributed by atoms with Gasteiger partial charge in [-0.1, -0.05) is 30.3 Å². The smallest absolute Gasteiger partial charge is 0.265 e. The maximum atomic E-state index is 14.2. The first kappa shape index (κ1) is 18.3. The molecule has 29 heavy (non-hydrogen) atoms. The van der Waals surface area contributed by atoms with Crippen molar-refractivity contribution in [1.29, 1.82) is 0 Å². The average Bonchev–Trinajstić information content (AvgIpc) is 3.32. The Labute approximate surface area is 173 Å². The zero-order valence-electron chi connectivity index (χ0n) is 16.2. The van der Waals surface area contributed by atoms with Crippen LogP contribution in [-0.4, -0.2) is 35.4 Å². The van der Waals surface area contributed by atoms with Crippen molar-refractivity contribution in [2.24, 2.45) is 0 Å². The van der Waals surface area contributed by atoms with Gasteiger partial charge in [-0.15, -0.1) is 11.3 Å². The number of carbonyl (C=O) groups excluding carboxylic acids is 1. The van der Waals surface area contributed by atoms with Crippen molar-refractivity contribution in [2.75, 3.05) is 25.0 Å². The summed E-state index contributed by atoms with van der Waals surface area (Å²) in [5.74, 6) is -0.105. The molecule has 0 bridgehead atoms. The first-order valence-electron chi connectivity index (χ1n) is 9.90. The van der Waals surface area contributed by atoms with E-state index in [0.717, 1.165) is 54.3 Å². The lowest BCUT2D eigenvalue weighted by Crippen LogP contribution is -2.46. The fraction of sp³-hybridized carbons (Fsp3) is 0.304. The summed E-state index contributed by atoms with van der Waals surface area (Å²) in [6, 6.07) is 13.1. The molecule has 5 rings (SSSR count). The van der Waals surface area contributed by atoms with Crippen molar-refractivity contribution in [2.45, 2.75) is 25.2 Å². The second-order valence-electron chi connectivity index (χ2n) is 7.93. The normalized spacial score (nSPS) is 17.2. The minimum absolute atomic E-state index is 0.0443. The number of likely N-dealkylation sites (tertiary alicyclic amines) is 1. The van der Waals surface area contributed by atoms with Crippen LogP contribution in [-0.2, 0) is 5.41 Å². The lowest BCUT2D eigenvalue weighted by Gasteiger charge is -2.39. The first-order chi connectivity index (χ1) is 14.1. The molecule has 1 fully saturated rings. The molecule has 1 amide bonds. The number of hydrogen-bond donors (Lipinski definition) is 1. The number of benzene rings is 2. The molecule has 0 atom stereocenters. The van der Waals surface area contributed by atoms with Crippen molar-refractivity contribution in [3.05, 3.63) is 69.9 Å². The number of rotatable bonds is 2. The van der Waals surface area contributed by atoms with E-state index in [2.05, 4.69) is 22.4 Å². The van der Waals surface area contributed by atoms with Crippen LogP contribution in [0.1, 0.15) is 33.8 Å². The lowest BCUT2D eigenvalue weighted by molar-refractivity contribution is 0.0680. The minimum Gasteiger partial charge on any atom is -0.384 e. The number of aryl methyl sites for hydroxylation is 1. The predicted molar refractivity (Wildman–Crippen MR) is 114 cm³/mol. The van der Waals surface area contributed by atoms with Crippen molar-refractivity contribution in [3.63, 3.8) is 0 Å².